The summed E-state index contributed by atoms with van der Waals surface area (Å²) in [5.41, 5.74) is 1.75. The number of hydrogen-bond donors (Lipinski definition) is 1. The number of rotatable bonds is 3. The molecule has 1 aliphatic heterocycles. The van der Waals surface area contributed by atoms with E-state index >= 15 is 0 Å². The second-order valence-electron chi connectivity index (χ2n) is 6.56. The van der Waals surface area contributed by atoms with E-state index in [1.807, 2.05) is 6.07 Å². The number of aliphatic hydroxyl groups excluding tert-OH is 1. The number of benzene rings is 3. The van der Waals surface area contributed by atoms with Crippen molar-refractivity contribution in [3.8, 4) is 0 Å². The molecule has 3 aromatic carbocycles. The minimum Gasteiger partial charge on any atom is -0.507 e. The number of anilines is 1. The van der Waals surface area contributed by atoms with Crippen molar-refractivity contribution >= 4 is 50.7 Å². The Hall–Kier alpha value is -2.89. The van der Waals surface area contributed by atoms with Gasteiger partial charge in [0, 0.05) is 20.7 Å². The number of amides is 1. The Morgan fingerprint density at radius 3 is 2.14 bits per heavy atom. The van der Waals surface area contributed by atoms with E-state index in [9.17, 15) is 14.7 Å². The van der Waals surface area contributed by atoms with E-state index in [4.69, 9.17) is 11.6 Å². The molecule has 1 heterocycles. The van der Waals surface area contributed by atoms with E-state index in [0.717, 1.165) is 4.47 Å². The molecule has 1 fully saturated rings. The Morgan fingerprint density at radius 1 is 0.897 bits per heavy atom. The van der Waals surface area contributed by atoms with Crippen molar-refractivity contribution in [3.05, 3.63) is 105 Å². The van der Waals surface area contributed by atoms with Crippen molar-refractivity contribution in [3.63, 3.8) is 0 Å². The summed E-state index contributed by atoms with van der Waals surface area (Å²) in [6, 6.07) is 21.9. The molecule has 0 aromatic heterocycles. The minimum atomic E-state index is -0.770. The van der Waals surface area contributed by atoms with Crippen LogP contribution in [0.3, 0.4) is 0 Å². The van der Waals surface area contributed by atoms with Crippen molar-refractivity contribution in [1.82, 2.24) is 0 Å². The van der Waals surface area contributed by atoms with Crippen molar-refractivity contribution in [2.75, 3.05) is 4.90 Å². The van der Waals surface area contributed by atoms with Crippen LogP contribution in [0, 0.1) is 0 Å². The van der Waals surface area contributed by atoms with E-state index < -0.39 is 17.7 Å². The fourth-order valence-electron chi connectivity index (χ4n) is 3.41. The minimum absolute atomic E-state index is 0.0476. The largest absolute Gasteiger partial charge is 0.507 e. The van der Waals surface area contributed by atoms with Gasteiger partial charge in [0.25, 0.3) is 11.7 Å². The molecule has 1 N–H and O–H groups in total. The molecule has 0 spiro atoms. The highest BCUT2D eigenvalue weighted by Gasteiger charge is 2.46. The maximum absolute atomic E-state index is 13.0. The van der Waals surface area contributed by atoms with Gasteiger partial charge >= 0.3 is 0 Å². The Balaban J connectivity index is 1.94. The lowest BCUT2D eigenvalue weighted by atomic mass is 9.95. The van der Waals surface area contributed by atoms with E-state index in [0.29, 0.717) is 21.8 Å². The number of nitrogens with zero attached hydrogens (tertiary/aromatic N) is 1. The first-order valence-corrected chi connectivity index (χ1v) is 10.0. The molecule has 4 nitrogen and oxygen atoms in total. The molecule has 0 unspecified atom stereocenters. The van der Waals surface area contributed by atoms with Crippen molar-refractivity contribution in [2.45, 2.75) is 6.04 Å². The number of hydrogen-bond acceptors (Lipinski definition) is 3. The zero-order chi connectivity index (χ0) is 20.5. The summed E-state index contributed by atoms with van der Waals surface area (Å²) in [4.78, 5) is 27.4. The SMILES string of the molecule is O=C1C(=O)N(c2ccc(Br)cc2)[C@@H](c2ccc(Cl)cc2)C1=C(O)c1ccccc1. The van der Waals surface area contributed by atoms with Gasteiger partial charge in [0.2, 0.25) is 0 Å². The van der Waals surface area contributed by atoms with Gasteiger partial charge in [-0.1, -0.05) is 70.0 Å². The summed E-state index contributed by atoms with van der Waals surface area (Å²) in [7, 11) is 0. The summed E-state index contributed by atoms with van der Waals surface area (Å²) in [6.07, 6.45) is 0. The lowest BCUT2D eigenvalue weighted by Crippen LogP contribution is -2.29. The van der Waals surface area contributed by atoms with Crippen LogP contribution in [0.25, 0.3) is 5.76 Å². The highest BCUT2D eigenvalue weighted by molar-refractivity contribution is 9.10. The first kappa shape index (κ1) is 19.4. The highest BCUT2D eigenvalue weighted by atomic mass is 79.9. The molecule has 1 aliphatic rings. The molecular weight excluding hydrogens is 454 g/mol. The van der Waals surface area contributed by atoms with E-state index in [1.165, 1.54) is 4.90 Å². The Morgan fingerprint density at radius 2 is 1.52 bits per heavy atom. The van der Waals surface area contributed by atoms with Crippen LogP contribution in [0.4, 0.5) is 5.69 Å². The van der Waals surface area contributed by atoms with Crippen molar-refractivity contribution < 1.29 is 14.7 Å². The lowest BCUT2D eigenvalue weighted by Gasteiger charge is -2.25. The number of ketones is 1. The smallest absolute Gasteiger partial charge is 0.300 e. The molecule has 4 rings (SSSR count). The van der Waals surface area contributed by atoms with Crippen LogP contribution in [-0.2, 0) is 9.59 Å². The van der Waals surface area contributed by atoms with Crippen LogP contribution in [0.15, 0.2) is 88.9 Å². The molecule has 144 valence electrons. The Bertz CT molecular complexity index is 1110. The maximum atomic E-state index is 13.0. The average Bonchev–Trinajstić information content (AvgIpc) is 3.00. The van der Waals surface area contributed by atoms with Crippen LogP contribution >= 0.6 is 27.5 Å². The van der Waals surface area contributed by atoms with E-state index in [1.54, 1.807) is 72.8 Å². The number of aliphatic hydroxyl groups is 1. The molecule has 1 saturated heterocycles. The molecule has 0 saturated carbocycles. The van der Waals surface area contributed by atoms with Crippen LogP contribution in [0.5, 0.6) is 0 Å². The first-order valence-electron chi connectivity index (χ1n) is 8.85. The third kappa shape index (κ3) is 3.59. The second kappa shape index (κ2) is 7.85. The van der Waals surface area contributed by atoms with Crippen LogP contribution < -0.4 is 4.90 Å². The Kier molecular flexibility index (Phi) is 5.26. The quantitative estimate of drug-likeness (QED) is 0.303. The molecule has 0 bridgehead atoms. The Labute approximate surface area is 181 Å². The van der Waals surface area contributed by atoms with Gasteiger partial charge in [-0.2, -0.15) is 0 Å². The van der Waals surface area contributed by atoms with Gasteiger partial charge in [-0.15, -0.1) is 0 Å². The molecule has 0 radical (unpaired) electrons. The van der Waals surface area contributed by atoms with Gasteiger partial charge in [0.15, 0.2) is 0 Å². The van der Waals surface area contributed by atoms with Gasteiger partial charge in [-0.3, -0.25) is 14.5 Å². The second-order valence-corrected chi connectivity index (χ2v) is 7.92. The van der Waals surface area contributed by atoms with Gasteiger partial charge in [0.05, 0.1) is 11.6 Å². The van der Waals surface area contributed by atoms with Crippen molar-refractivity contribution in [2.24, 2.45) is 0 Å². The van der Waals surface area contributed by atoms with Crippen LogP contribution in [0.2, 0.25) is 5.02 Å². The molecule has 3 aromatic rings. The fourth-order valence-corrected chi connectivity index (χ4v) is 3.80. The zero-order valence-electron chi connectivity index (χ0n) is 15.0. The molecule has 1 amide bonds. The number of Topliss-reactive ketones (excluding diaryl/α,β-unsaturated/α-hetero) is 1. The van der Waals surface area contributed by atoms with E-state index in [2.05, 4.69) is 15.9 Å². The maximum Gasteiger partial charge on any atom is 0.300 e. The zero-order valence-corrected chi connectivity index (χ0v) is 17.4. The van der Waals surface area contributed by atoms with Crippen LogP contribution in [-0.4, -0.2) is 16.8 Å². The van der Waals surface area contributed by atoms with Gasteiger partial charge in [0.1, 0.15) is 5.76 Å². The summed E-state index contributed by atoms with van der Waals surface area (Å²) in [5, 5.41) is 11.5. The molecule has 1 atom stereocenters. The lowest BCUT2D eigenvalue weighted by molar-refractivity contribution is -0.132. The third-order valence-electron chi connectivity index (χ3n) is 4.78. The summed E-state index contributed by atoms with van der Waals surface area (Å²) in [6.45, 7) is 0. The van der Waals surface area contributed by atoms with Gasteiger partial charge < -0.3 is 5.11 Å². The summed E-state index contributed by atoms with van der Waals surface area (Å²) < 4.78 is 0.852. The van der Waals surface area contributed by atoms with Gasteiger partial charge in [-0.05, 0) is 42.0 Å². The summed E-state index contributed by atoms with van der Waals surface area (Å²) in [5.74, 6) is -1.62. The van der Waals surface area contributed by atoms with E-state index in [-0.39, 0.29) is 11.3 Å². The van der Waals surface area contributed by atoms with Crippen LogP contribution in [0.1, 0.15) is 17.2 Å². The molecule has 0 aliphatic carbocycles. The standard InChI is InChI=1S/C23H15BrClNO3/c24-16-8-12-18(13-9-16)26-20(14-6-10-17(25)11-7-14)19(22(28)23(26)29)21(27)15-4-2-1-3-5-15/h1-13,20,27H/t20-/m0/s1. The summed E-state index contributed by atoms with van der Waals surface area (Å²) >= 11 is 9.41. The predicted molar refractivity (Wildman–Crippen MR) is 117 cm³/mol. The monoisotopic (exact) mass is 467 g/mol. The molecule has 6 heteroatoms. The first-order chi connectivity index (χ1) is 14.0. The topological polar surface area (TPSA) is 57.6 Å². The average molecular weight is 469 g/mol. The number of carbonyl (C=O) groups is 2. The van der Waals surface area contributed by atoms with Gasteiger partial charge in [-0.25, -0.2) is 0 Å². The number of halogens is 2. The molecule has 29 heavy (non-hydrogen) atoms. The third-order valence-corrected chi connectivity index (χ3v) is 5.56. The predicted octanol–water partition coefficient (Wildman–Crippen LogP) is 5.73. The highest BCUT2D eigenvalue weighted by Crippen LogP contribution is 2.42. The normalized spacial score (nSPS) is 18.3. The fraction of sp³-hybridized carbons (Fsp3) is 0.0435. The number of carbonyl (C=O) groups excluding carboxylic acids is 2. The van der Waals surface area contributed by atoms with Crippen molar-refractivity contribution in [1.29, 1.82) is 0 Å². The molecular formula is C23H15BrClNO3.